The van der Waals surface area contributed by atoms with Crippen LogP contribution in [0.5, 0.6) is 11.5 Å². The monoisotopic (exact) mass is 479 g/mol. The van der Waals surface area contributed by atoms with Crippen LogP contribution in [-0.4, -0.2) is 35.6 Å². The lowest BCUT2D eigenvalue weighted by atomic mass is 10.1. The van der Waals surface area contributed by atoms with Gasteiger partial charge in [-0.25, -0.2) is 4.79 Å². The minimum Gasteiger partial charge on any atom is -0.490 e. The van der Waals surface area contributed by atoms with Crippen LogP contribution in [0.2, 0.25) is 0 Å². The van der Waals surface area contributed by atoms with E-state index in [9.17, 15) is 4.79 Å². The topological polar surface area (TPSA) is 92.2 Å². The van der Waals surface area contributed by atoms with Crippen LogP contribution < -0.4 is 20.2 Å². The number of hydrogen-bond donors (Lipinski definition) is 3. The molecule has 0 unspecified atom stereocenters. The van der Waals surface area contributed by atoms with E-state index in [0.29, 0.717) is 34.2 Å². The molecule has 0 aliphatic carbocycles. The number of carbonyl (C=O) groups is 1. The summed E-state index contributed by atoms with van der Waals surface area (Å²) in [5.74, 6) is 0.0988. The van der Waals surface area contributed by atoms with Gasteiger partial charge in [0.25, 0.3) is 0 Å². The number of hydrazone groups is 1. The van der Waals surface area contributed by atoms with Gasteiger partial charge in [-0.1, -0.05) is 12.1 Å². The molecule has 29 heavy (non-hydrogen) atoms. The second kappa shape index (κ2) is 11.4. The van der Waals surface area contributed by atoms with Gasteiger partial charge in [-0.15, -0.1) is 0 Å². The molecule has 2 aromatic carbocycles. The van der Waals surface area contributed by atoms with Crippen molar-refractivity contribution in [3.8, 4) is 11.5 Å². The molecule has 3 N–H and O–H groups in total. The first kappa shape index (κ1) is 22.6. The number of carboxylic acid groups (broad SMARTS) is 1. The number of carboxylic acids is 1. The molecule has 0 aromatic heterocycles. The van der Waals surface area contributed by atoms with E-state index in [1.165, 1.54) is 6.07 Å². The Bertz CT molecular complexity index is 905. The minimum atomic E-state index is -0.978. The number of rotatable bonds is 9. The third-order valence-electron chi connectivity index (χ3n) is 3.61. The van der Waals surface area contributed by atoms with E-state index in [4.69, 9.17) is 26.8 Å². The van der Waals surface area contributed by atoms with E-state index in [1.54, 1.807) is 30.5 Å². The number of benzene rings is 2. The first-order valence-electron chi connectivity index (χ1n) is 8.92. The van der Waals surface area contributed by atoms with Gasteiger partial charge in [0.15, 0.2) is 16.6 Å². The lowest BCUT2D eigenvalue weighted by Gasteiger charge is -2.15. The molecule has 2 aromatic rings. The van der Waals surface area contributed by atoms with Crippen LogP contribution in [0.1, 0.15) is 35.3 Å². The zero-order valence-electron chi connectivity index (χ0n) is 16.1. The quantitative estimate of drug-likeness (QED) is 0.285. The number of halogens is 1. The second-order valence-corrected chi connectivity index (χ2v) is 7.05. The third kappa shape index (κ3) is 7.03. The third-order valence-corrected chi connectivity index (χ3v) is 4.43. The number of ether oxygens (including phenoxy) is 2. The molecule has 0 saturated carbocycles. The lowest BCUT2D eigenvalue weighted by molar-refractivity contribution is 0.0696. The van der Waals surface area contributed by atoms with Gasteiger partial charge in [0.1, 0.15) is 6.61 Å². The molecule has 0 amide bonds. The molecular weight excluding hydrogens is 458 g/mol. The van der Waals surface area contributed by atoms with Gasteiger partial charge in [0, 0.05) is 6.54 Å². The Kier molecular flexibility index (Phi) is 8.88. The lowest BCUT2D eigenvalue weighted by Crippen LogP contribution is -2.31. The van der Waals surface area contributed by atoms with Crippen molar-refractivity contribution in [3.05, 3.63) is 57.6 Å². The van der Waals surface area contributed by atoms with Crippen molar-refractivity contribution < 1.29 is 19.4 Å². The van der Waals surface area contributed by atoms with Gasteiger partial charge in [0.05, 0.1) is 22.9 Å². The van der Waals surface area contributed by atoms with Gasteiger partial charge < -0.3 is 19.9 Å². The minimum absolute atomic E-state index is 0.200. The molecular formula is C20H22BrN3O4S. The average Bonchev–Trinajstić information content (AvgIpc) is 2.68. The van der Waals surface area contributed by atoms with E-state index in [-0.39, 0.29) is 12.2 Å². The van der Waals surface area contributed by atoms with E-state index in [2.05, 4.69) is 31.8 Å². The summed E-state index contributed by atoms with van der Waals surface area (Å²) in [7, 11) is 0. The zero-order valence-corrected chi connectivity index (χ0v) is 18.5. The molecule has 0 atom stereocenters. The Morgan fingerprint density at radius 2 is 2.07 bits per heavy atom. The van der Waals surface area contributed by atoms with Gasteiger partial charge in [0.2, 0.25) is 0 Å². The Morgan fingerprint density at radius 1 is 1.28 bits per heavy atom. The number of aromatic carboxylic acids is 1. The van der Waals surface area contributed by atoms with Crippen molar-refractivity contribution in [1.29, 1.82) is 0 Å². The van der Waals surface area contributed by atoms with E-state index >= 15 is 0 Å². The second-order valence-electron chi connectivity index (χ2n) is 5.79. The Morgan fingerprint density at radius 3 is 2.76 bits per heavy atom. The van der Waals surface area contributed by atoms with Crippen molar-refractivity contribution in [2.24, 2.45) is 5.10 Å². The summed E-state index contributed by atoms with van der Waals surface area (Å²) in [5.41, 5.74) is 4.47. The van der Waals surface area contributed by atoms with Crippen LogP contribution in [-0.2, 0) is 6.61 Å². The predicted molar refractivity (Wildman–Crippen MR) is 120 cm³/mol. The molecule has 0 radical (unpaired) electrons. The summed E-state index contributed by atoms with van der Waals surface area (Å²) in [6.07, 6.45) is 1.62. The van der Waals surface area contributed by atoms with E-state index in [1.807, 2.05) is 19.9 Å². The van der Waals surface area contributed by atoms with Gasteiger partial charge in [-0.3, -0.25) is 5.43 Å². The number of hydrogen-bond acceptors (Lipinski definition) is 5. The molecule has 0 heterocycles. The summed E-state index contributed by atoms with van der Waals surface area (Å²) in [5, 5.41) is 16.6. The van der Waals surface area contributed by atoms with Crippen LogP contribution >= 0.6 is 28.1 Å². The highest BCUT2D eigenvalue weighted by atomic mass is 79.9. The molecule has 0 fully saturated rings. The highest BCUT2D eigenvalue weighted by molar-refractivity contribution is 9.10. The molecule has 0 aliphatic rings. The highest BCUT2D eigenvalue weighted by Crippen LogP contribution is 2.37. The predicted octanol–water partition coefficient (Wildman–Crippen LogP) is 3.94. The number of nitrogens with one attached hydrogen (secondary N) is 2. The molecule has 2 rings (SSSR count). The fourth-order valence-electron chi connectivity index (χ4n) is 2.38. The van der Waals surface area contributed by atoms with E-state index in [0.717, 1.165) is 11.1 Å². The largest absolute Gasteiger partial charge is 0.490 e. The first-order valence-corrected chi connectivity index (χ1v) is 10.1. The van der Waals surface area contributed by atoms with Crippen molar-refractivity contribution in [3.63, 3.8) is 0 Å². The molecule has 0 spiro atoms. The van der Waals surface area contributed by atoms with E-state index < -0.39 is 5.97 Å². The number of nitrogens with zero attached hydrogens (tertiary/aromatic N) is 1. The van der Waals surface area contributed by atoms with Gasteiger partial charge in [-0.2, -0.15) is 5.10 Å². The smallest absolute Gasteiger partial charge is 0.335 e. The van der Waals surface area contributed by atoms with Crippen LogP contribution in [0.15, 0.2) is 46.0 Å². The van der Waals surface area contributed by atoms with Gasteiger partial charge in [-0.05, 0) is 77.4 Å². The fourth-order valence-corrected chi connectivity index (χ4v) is 3.15. The first-order chi connectivity index (χ1) is 13.9. The molecule has 0 aliphatic heterocycles. The standard InChI is InChI=1S/C20H22BrN3O4S/c1-3-22-20(29)24-23-11-14-9-16(21)18(17(10-14)27-4-2)28-12-13-6-5-7-15(8-13)19(25)26/h5-11H,3-4,12H2,1-2H3,(H,25,26)(H2,22,24,29). The van der Waals surface area contributed by atoms with Gasteiger partial charge >= 0.3 is 5.97 Å². The normalized spacial score (nSPS) is 10.6. The molecule has 154 valence electrons. The Labute approximate surface area is 183 Å². The van der Waals surface area contributed by atoms with Crippen LogP contribution in [0.25, 0.3) is 0 Å². The zero-order chi connectivity index (χ0) is 21.2. The molecule has 7 nitrogen and oxygen atoms in total. The maximum Gasteiger partial charge on any atom is 0.335 e. The fraction of sp³-hybridized carbons (Fsp3) is 0.250. The average molecular weight is 480 g/mol. The summed E-state index contributed by atoms with van der Waals surface area (Å²) in [4.78, 5) is 11.1. The molecule has 9 heteroatoms. The number of thiocarbonyl (C=S) groups is 1. The van der Waals surface area contributed by atoms with Crippen molar-refractivity contribution >= 4 is 45.4 Å². The van der Waals surface area contributed by atoms with Crippen molar-refractivity contribution in [2.45, 2.75) is 20.5 Å². The maximum absolute atomic E-state index is 11.1. The highest BCUT2D eigenvalue weighted by Gasteiger charge is 2.13. The van der Waals surface area contributed by atoms with Crippen molar-refractivity contribution in [2.75, 3.05) is 13.2 Å². The van der Waals surface area contributed by atoms with Crippen molar-refractivity contribution in [1.82, 2.24) is 10.7 Å². The molecule has 0 saturated heterocycles. The summed E-state index contributed by atoms with van der Waals surface area (Å²) < 4.78 is 12.3. The maximum atomic E-state index is 11.1. The Hall–Kier alpha value is -2.65. The Balaban J connectivity index is 2.17. The molecule has 0 bridgehead atoms. The van der Waals surface area contributed by atoms with Crippen LogP contribution in [0.4, 0.5) is 0 Å². The summed E-state index contributed by atoms with van der Waals surface area (Å²) in [6.45, 7) is 5.19. The van der Waals surface area contributed by atoms with Crippen LogP contribution in [0.3, 0.4) is 0 Å². The van der Waals surface area contributed by atoms with Crippen LogP contribution in [0, 0.1) is 0 Å². The summed E-state index contributed by atoms with van der Waals surface area (Å²) in [6, 6.07) is 10.3. The summed E-state index contributed by atoms with van der Waals surface area (Å²) >= 11 is 8.57. The SMILES string of the molecule is CCNC(=S)NN=Cc1cc(Br)c(OCc2cccc(C(=O)O)c2)c(OCC)c1.